The summed E-state index contributed by atoms with van der Waals surface area (Å²) in [4.78, 5) is 16.0. The molecule has 1 aliphatic carbocycles. The normalized spacial score (nSPS) is 16.6. The molecule has 0 spiro atoms. The van der Waals surface area contributed by atoms with Gasteiger partial charge in [0.2, 0.25) is 5.91 Å². The molecule has 17 heavy (non-hydrogen) atoms. The molecule has 1 aliphatic rings. The van der Waals surface area contributed by atoms with Crippen molar-refractivity contribution in [1.29, 1.82) is 0 Å². The van der Waals surface area contributed by atoms with Gasteiger partial charge in [0.25, 0.3) is 0 Å². The van der Waals surface area contributed by atoms with Gasteiger partial charge in [-0.25, -0.2) is 0 Å². The van der Waals surface area contributed by atoms with Crippen molar-refractivity contribution in [2.45, 2.75) is 25.8 Å². The minimum Gasteiger partial charge on any atom is -0.334 e. The third-order valence-corrected chi connectivity index (χ3v) is 3.44. The Morgan fingerprint density at radius 1 is 1.35 bits per heavy atom. The van der Waals surface area contributed by atoms with Crippen molar-refractivity contribution in [2.75, 3.05) is 26.7 Å². The molecule has 3 heteroatoms. The van der Waals surface area contributed by atoms with E-state index in [0.29, 0.717) is 25.7 Å². The molecule has 1 rings (SSSR count). The van der Waals surface area contributed by atoms with Gasteiger partial charge in [0.05, 0.1) is 6.54 Å². The van der Waals surface area contributed by atoms with Crippen molar-refractivity contribution in [1.82, 2.24) is 9.80 Å². The van der Waals surface area contributed by atoms with E-state index >= 15 is 0 Å². The van der Waals surface area contributed by atoms with Crippen molar-refractivity contribution in [3.63, 3.8) is 0 Å². The third kappa shape index (κ3) is 4.35. The molecule has 1 amide bonds. The van der Waals surface area contributed by atoms with Gasteiger partial charge in [-0.3, -0.25) is 9.69 Å². The molecule has 1 saturated carbocycles. The van der Waals surface area contributed by atoms with Crippen LogP contribution in [0.2, 0.25) is 0 Å². The summed E-state index contributed by atoms with van der Waals surface area (Å²) < 4.78 is 0. The number of rotatable bonds is 8. The van der Waals surface area contributed by atoms with E-state index in [1.165, 1.54) is 12.8 Å². The molecular weight excluding hydrogens is 212 g/mol. The first-order valence-corrected chi connectivity index (χ1v) is 6.30. The largest absolute Gasteiger partial charge is 0.334 e. The third-order valence-electron chi connectivity index (χ3n) is 3.44. The van der Waals surface area contributed by atoms with E-state index in [1.54, 1.807) is 17.1 Å². The Bertz CT molecular complexity index is 274. The molecule has 96 valence electrons. The second-order valence-corrected chi connectivity index (χ2v) is 4.87. The van der Waals surface area contributed by atoms with Gasteiger partial charge >= 0.3 is 0 Å². The van der Waals surface area contributed by atoms with Crippen LogP contribution >= 0.6 is 0 Å². The number of hydrogen-bond acceptors (Lipinski definition) is 2. The molecule has 1 atom stereocenters. The highest BCUT2D eigenvalue weighted by Gasteiger charge is 2.31. The summed E-state index contributed by atoms with van der Waals surface area (Å²) >= 11 is 0. The second kappa shape index (κ2) is 6.60. The van der Waals surface area contributed by atoms with E-state index in [9.17, 15) is 4.79 Å². The molecule has 0 aliphatic heterocycles. The van der Waals surface area contributed by atoms with Gasteiger partial charge in [-0.05, 0) is 32.7 Å². The number of amides is 1. The van der Waals surface area contributed by atoms with Gasteiger partial charge in [-0.1, -0.05) is 12.2 Å². The zero-order valence-electron chi connectivity index (χ0n) is 11.1. The molecule has 0 radical (unpaired) electrons. The van der Waals surface area contributed by atoms with Crippen molar-refractivity contribution < 1.29 is 4.79 Å². The highest BCUT2D eigenvalue weighted by Crippen LogP contribution is 2.34. The molecule has 0 aromatic heterocycles. The zero-order valence-corrected chi connectivity index (χ0v) is 11.1. The monoisotopic (exact) mass is 236 g/mol. The number of nitrogens with zero attached hydrogens (tertiary/aromatic N) is 2. The Labute approximate surface area is 105 Å². The Kier molecular flexibility index (Phi) is 5.42. The molecule has 1 fully saturated rings. The highest BCUT2D eigenvalue weighted by molar-refractivity contribution is 5.78. The first-order valence-electron chi connectivity index (χ1n) is 6.30. The SMILES string of the molecule is C=CCN(CC=C)C(=O)CN(C)C(C)C1CC1. The zero-order chi connectivity index (χ0) is 12.8. The van der Waals surface area contributed by atoms with E-state index in [-0.39, 0.29) is 5.91 Å². The Balaban J connectivity index is 2.43. The van der Waals surface area contributed by atoms with E-state index in [4.69, 9.17) is 0 Å². The van der Waals surface area contributed by atoms with Crippen LogP contribution in [0.25, 0.3) is 0 Å². The fraction of sp³-hybridized carbons (Fsp3) is 0.643. The summed E-state index contributed by atoms with van der Waals surface area (Å²) in [6, 6.07) is 0.508. The van der Waals surface area contributed by atoms with Crippen molar-refractivity contribution in [3.8, 4) is 0 Å². The van der Waals surface area contributed by atoms with Crippen LogP contribution in [0, 0.1) is 5.92 Å². The fourth-order valence-corrected chi connectivity index (χ4v) is 1.99. The van der Waals surface area contributed by atoms with E-state index in [2.05, 4.69) is 25.0 Å². The number of carbonyl (C=O) groups excluding carboxylic acids is 1. The summed E-state index contributed by atoms with van der Waals surface area (Å²) in [5.41, 5.74) is 0. The lowest BCUT2D eigenvalue weighted by Gasteiger charge is -2.27. The Morgan fingerprint density at radius 2 is 1.88 bits per heavy atom. The standard InChI is InChI=1S/C14H24N2O/c1-5-9-16(10-6-2)14(17)11-15(4)12(3)13-7-8-13/h5-6,12-13H,1-2,7-11H2,3-4H3. The molecule has 3 nitrogen and oxygen atoms in total. The first kappa shape index (κ1) is 14.0. The van der Waals surface area contributed by atoms with Crippen LogP contribution in [0.4, 0.5) is 0 Å². The highest BCUT2D eigenvalue weighted by atomic mass is 16.2. The van der Waals surface area contributed by atoms with Crippen LogP contribution < -0.4 is 0 Å². The average molecular weight is 236 g/mol. The first-order chi connectivity index (χ1) is 8.10. The molecular formula is C14H24N2O. The summed E-state index contributed by atoms with van der Waals surface area (Å²) in [5.74, 6) is 0.944. The topological polar surface area (TPSA) is 23.6 Å². The minimum atomic E-state index is 0.153. The van der Waals surface area contributed by atoms with Gasteiger partial charge < -0.3 is 4.90 Å². The maximum Gasteiger partial charge on any atom is 0.237 e. The molecule has 0 aromatic carbocycles. The van der Waals surface area contributed by atoms with Crippen LogP contribution in [0.3, 0.4) is 0 Å². The number of hydrogen-bond donors (Lipinski definition) is 0. The molecule has 0 bridgehead atoms. The molecule has 1 unspecified atom stereocenters. The van der Waals surface area contributed by atoms with Crippen LogP contribution in [0.5, 0.6) is 0 Å². The van der Waals surface area contributed by atoms with Crippen molar-refractivity contribution in [3.05, 3.63) is 25.3 Å². The van der Waals surface area contributed by atoms with Gasteiger partial charge in [0.1, 0.15) is 0 Å². The smallest absolute Gasteiger partial charge is 0.237 e. The van der Waals surface area contributed by atoms with Gasteiger partial charge in [-0.2, -0.15) is 0 Å². The van der Waals surface area contributed by atoms with Gasteiger partial charge in [-0.15, -0.1) is 13.2 Å². The number of carbonyl (C=O) groups is 1. The lowest BCUT2D eigenvalue weighted by Crippen LogP contribution is -2.42. The number of likely N-dealkylation sites (N-methyl/N-ethyl adjacent to an activating group) is 1. The lowest BCUT2D eigenvalue weighted by molar-refractivity contribution is -0.131. The predicted molar refractivity (Wildman–Crippen MR) is 71.8 cm³/mol. The van der Waals surface area contributed by atoms with Crippen molar-refractivity contribution >= 4 is 5.91 Å². The van der Waals surface area contributed by atoms with Gasteiger partial charge in [0.15, 0.2) is 0 Å². The Hall–Kier alpha value is -1.09. The predicted octanol–water partition coefficient (Wildman–Crippen LogP) is 1.92. The van der Waals surface area contributed by atoms with Gasteiger partial charge in [0, 0.05) is 19.1 Å². The molecule has 0 saturated heterocycles. The van der Waals surface area contributed by atoms with E-state index < -0.39 is 0 Å². The maximum absolute atomic E-state index is 12.1. The van der Waals surface area contributed by atoms with E-state index in [1.807, 2.05) is 7.05 Å². The quantitative estimate of drug-likeness (QED) is 0.601. The second-order valence-electron chi connectivity index (χ2n) is 4.87. The summed E-state index contributed by atoms with van der Waals surface area (Å²) in [5, 5.41) is 0. The summed E-state index contributed by atoms with van der Waals surface area (Å²) in [6.45, 7) is 11.2. The van der Waals surface area contributed by atoms with Crippen LogP contribution in [-0.2, 0) is 4.79 Å². The maximum atomic E-state index is 12.1. The minimum absolute atomic E-state index is 0.153. The molecule has 0 heterocycles. The molecule has 0 N–H and O–H groups in total. The Morgan fingerprint density at radius 3 is 2.29 bits per heavy atom. The van der Waals surface area contributed by atoms with Crippen molar-refractivity contribution in [2.24, 2.45) is 5.92 Å². The van der Waals surface area contributed by atoms with E-state index in [0.717, 1.165) is 5.92 Å². The fourth-order valence-electron chi connectivity index (χ4n) is 1.99. The summed E-state index contributed by atoms with van der Waals surface area (Å²) in [7, 11) is 2.03. The van der Waals surface area contributed by atoms with Crippen LogP contribution in [0.1, 0.15) is 19.8 Å². The lowest BCUT2D eigenvalue weighted by atomic mass is 10.2. The van der Waals surface area contributed by atoms with Crippen LogP contribution in [0.15, 0.2) is 25.3 Å². The van der Waals surface area contributed by atoms with Crippen LogP contribution in [-0.4, -0.2) is 48.4 Å². The summed E-state index contributed by atoms with van der Waals surface area (Å²) in [6.07, 6.45) is 6.13. The average Bonchev–Trinajstić information content (AvgIpc) is 3.11. The molecule has 0 aromatic rings.